The maximum Gasteiger partial charge on any atom is 0.307 e. The number of hydrogen-bond donors (Lipinski definition) is 0. The van der Waals surface area contributed by atoms with Gasteiger partial charge in [-0.2, -0.15) is 0 Å². The van der Waals surface area contributed by atoms with Crippen LogP contribution in [0.25, 0.3) is 0 Å². The SMILES string of the molecule is COCCCN(CCC(=O)OC)C(=O)CCCOc1ccc(OC)cc1. The predicted molar refractivity (Wildman–Crippen MR) is 97.4 cm³/mol. The zero-order valence-electron chi connectivity index (χ0n) is 15.9. The molecule has 0 unspecified atom stereocenters. The second-order valence-electron chi connectivity index (χ2n) is 5.68. The Balaban J connectivity index is 2.36. The van der Waals surface area contributed by atoms with Crippen LogP contribution in [0.15, 0.2) is 24.3 Å². The first-order chi connectivity index (χ1) is 12.6. The van der Waals surface area contributed by atoms with Crippen LogP contribution in [-0.4, -0.2) is 64.4 Å². The highest BCUT2D eigenvalue weighted by Gasteiger charge is 2.15. The first kappa shape index (κ1) is 21.8. The van der Waals surface area contributed by atoms with Crippen molar-refractivity contribution in [3.05, 3.63) is 24.3 Å². The number of nitrogens with zero attached hydrogens (tertiary/aromatic N) is 1. The van der Waals surface area contributed by atoms with Crippen molar-refractivity contribution in [2.45, 2.75) is 25.7 Å². The highest BCUT2D eigenvalue weighted by atomic mass is 16.5. The number of ether oxygens (including phenoxy) is 4. The molecule has 0 bridgehead atoms. The zero-order valence-corrected chi connectivity index (χ0v) is 15.9. The Morgan fingerprint density at radius 1 is 0.885 bits per heavy atom. The van der Waals surface area contributed by atoms with Crippen LogP contribution >= 0.6 is 0 Å². The summed E-state index contributed by atoms with van der Waals surface area (Å²) in [6.07, 6.45) is 1.89. The summed E-state index contributed by atoms with van der Waals surface area (Å²) in [5.41, 5.74) is 0. The van der Waals surface area contributed by atoms with Gasteiger partial charge in [0.1, 0.15) is 11.5 Å². The van der Waals surface area contributed by atoms with Gasteiger partial charge in [-0.1, -0.05) is 0 Å². The van der Waals surface area contributed by atoms with Gasteiger partial charge in [0.2, 0.25) is 5.91 Å². The van der Waals surface area contributed by atoms with Gasteiger partial charge < -0.3 is 23.8 Å². The molecule has 0 N–H and O–H groups in total. The van der Waals surface area contributed by atoms with Crippen molar-refractivity contribution in [2.75, 3.05) is 47.6 Å². The predicted octanol–water partition coefficient (Wildman–Crippen LogP) is 2.28. The Kier molecular flexibility index (Phi) is 10.9. The van der Waals surface area contributed by atoms with Crippen molar-refractivity contribution in [1.29, 1.82) is 0 Å². The Hall–Kier alpha value is -2.28. The summed E-state index contributed by atoms with van der Waals surface area (Å²) >= 11 is 0. The summed E-state index contributed by atoms with van der Waals surface area (Å²) in [6.45, 7) is 1.93. The van der Waals surface area contributed by atoms with Crippen molar-refractivity contribution in [3.63, 3.8) is 0 Å². The van der Waals surface area contributed by atoms with Crippen molar-refractivity contribution < 1.29 is 28.5 Å². The molecule has 0 radical (unpaired) electrons. The lowest BCUT2D eigenvalue weighted by atomic mass is 10.2. The average Bonchev–Trinajstić information content (AvgIpc) is 2.67. The van der Waals surface area contributed by atoms with Crippen LogP contribution in [0.4, 0.5) is 0 Å². The Bertz CT molecular complexity index is 531. The maximum atomic E-state index is 12.4. The van der Waals surface area contributed by atoms with Gasteiger partial charge in [0.15, 0.2) is 0 Å². The fourth-order valence-corrected chi connectivity index (χ4v) is 2.33. The van der Waals surface area contributed by atoms with Gasteiger partial charge in [0, 0.05) is 33.2 Å². The summed E-state index contributed by atoms with van der Waals surface area (Å²) in [5, 5.41) is 0. The first-order valence-electron chi connectivity index (χ1n) is 8.71. The highest BCUT2D eigenvalue weighted by molar-refractivity contribution is 5.77. The second-order valence-corrected chi connectivity index (χ2v) is 5.68. The van der Waals surface area contributed by atoms with E-state index in [9.17, 15) is 9.59 Å². The van der Waals surface area contributed by atoms with E-state index in [1.807, 2.05) is 24.3 Å². The molecule has 0 spiro atoms. The van der Waals surface area contributed by atoms with Gasteiger partial charge in [-0.15, -0.1) is 0 Å². The molecule has 0 aliphatic carbocycles. The van der Waals surface area contributed by atoms with E-state index in [1.54, 1.807) is 19.1 Å². The van der Waals surface area contributed by atoms with Crippen LogP contribution in [0, 0.1) is 0 Å². The van der Waals surface area contributed by atoms with Crippen molar-refractivity contribution in [1.82, 2.24) is 4.90 Å². The largest absolute Gasteiger partial charge is 0.497 e. The van der Waals surface area contributed by atoms with Crippen molar-refractivity contribution in [3.8, 4) is 11.5 Å². The molecule has 1 aromatic rings. The van der Waals surface area contributed by atoms with Crippen LogP contribution in [0.5, 0.6) is 11.5 Å². The molecule has 1 aromatic carbocycles. The summed E-state index contributed by atoms with van der Waals surface area (Å²) in [5.74, 6) is 1.19. The number of rotatable bonds is 13. The van der Waals surface area contributed by atoms with Crippen LogP contribution in [0.2, 0.25) is 0 Å². The van der Waals surface area contributed by atoms with E-state index in [1.165, 1.54) is 7.11 Å². The van der Waals surface area contributed by atoms with Crippen molar-refractivity contribution in [2.24, 2.45) is 0 Å². The second kappa shape index (κ2) is 13.0. The third-order valence-electron chi connectivity index (χ3n) is 3.81. The molecule has 0 heterocycles. The molecule has 0 aliphatic heterocycles. The molecule has 0 saturated heterocycles. The van der Waals surface area contributed by atoms with Crippen LogP contribution in [0.3, 0.4) is 0 Å². The third kappa shape index (κ3) is 8.71. The number of carbonyl (C=O) groups excluding carboxylic acids is 2. The summed E-state index contributed by atoms with van der Waals surface area (Å²) in [7, 11) is 4.58. The van der Waals surface area contributed by atoms with Gasteiger partial charge in [0.05, 0.1) is 27.2 Å². The van der Waals surface area contributed by atoms with Gasteiger partial charge in [-0.25, -0.2) is 0 Å². The van der Waals surface area contributed by atoms with E-state index in [-0.39, 0.29) is 18.3 Å². The molecule has 7 nitrogen and oxygen atoms in total. The minimum atomic E-state index is -0.322. The fraction of sp³-hybridized carbons (Fsp3) is 0.579. The molecule has 1 rings (SSSR count). The molecule has 1 amide bonds. The van der Waals surface area contributed by atoms with Gasteiger partial charge in [-0.3, -0.25) is 9.59 Å². The fourth-order valence-electron chi connectivity index (χ4n) is 2.33. The summed E-state index contributed by atoms with van der Waals surface area (Å²) in [6, 6.07) is 7.30. The smallest absolute Gasteiger partial charge is 0.307 e. The lowest BCUT2D eigenvalue weighted by Gasteiger charge is -2.22. The summed E-state index contributed by atoms with van der Waals surface area (Å²) in [4.78, 5) is 25.4. The quantitative estimate of drug-likeness (QED) is 0.393. The minimum Gasteiger partial charge on any atom is -0.497 e. The highest BCUT2D eigenvalue weighted by Crippen LogP contribution is 2.17. The molecule has 0 saturated carbocycles. The molecular formula is C19H29NO6. The number of hydrogen-bond acceptors (Lipinski definition) is 6. The molecule has 0 aromatic heterocycles. The Labute approximate surface area is 155 Å². The van der Waals surface area contributed by atoms with E-state index in [0.717, 1.165) is 17.9 Å². The number of carbonyl (C=O) groups is 2. The summed E-state index contributed by atoms with van der Waals surface area (Å²) < 4.78 is 20.4. The zero-order chi connectivity index (χ0) is 19.2. The molecule has 0 atom stereocenters. The van der Waals surface area contributed by atoms with E-state index in [0.29, 0.717) is 39.1 Å². The number of amides is 1. The molecular weight excluding hydrogens is 338 g/mol. The maximum absolute atomic E-state index is 12.4. The van der Waals surface area contributed by atoms with Gasteiger partial charge in [-0.05, 0) is 37.1 Å². The Morgan fingerprint density at radius 2 is 1.58 bits per heavy atom. The average molecular weight is 367 g/mol. The molecule has 26 heavy (non-hydrogen) atoms. The normalized spacial score (nSPS) is 10.3. The molecule has 0 fully saturated rings. The van der Waals surface area contributed by atoms with Crippen LogP contribution in [-0.2, 0) is 19.1 Å². The third-order valence-corrected chi connectivity index (χ3v) is 3.81. The Morgan fingerprint density at radius 3 is 2.19 bits per heavy atom. The van der Waals surface area contributed by atoms with E-state index >= 15 is 0 Å². The number of methoxy groups -OCH3 is 3. The molecule has 7 heteroatoms. The van der Waals surface area contributed by atoms with E-state index in [2.05, 4.69) is 4.74 Å². The standard InChI is InChI=1S/C19H29NO6/c1-23-14-5-12-20(13-11-19(22)25-3)18(21)6-4-15-26-17-9-7-16(24-2)8-10-17/h7-10H,4-6,11-15H2,1-3H3. The van der Waals surface area contributed by atoms with E-state index < -0.39 is 0 Å². The topological polar surface area (TPSA) is 74.3 Å². The van der Waals surface area contributed by atoms with Crippen LogP contribution < -0.4 is 9.47 Å². The number of benzene rings is 1. The molecule has 0 aliphatic rings. The lowest BCUT2D eigenvalue weighted by molar-refractivity contribution is -0.141. The first-order valence-corrected chi connectivity index (χ1v) is 8.71. The molecule has 146 valence electrons. The number of esters is 1. The van der Waals surface area contributed by atoms with Gasteiger partial charge >= 0.3 is 5.97 Å². The van der Waals surface area contributed by atoms with Gasteiger partial charge in [0.25, 0.3) is 0 Å². The minimum absolute atomic E-state index is 0.00309. The van der Waals surface area contributed by atoms with Crippen molar-refractivity contribution >= 4 is 11.9 Å². The van der Waals surface area contributed by atoms with E-state index in [4.69, 9.17) is 14.2 Å². The van der Waals surface area contributed by atoms with Crippen LogP contribution in [0.1, 0.15) is 25.7 Å². The monoisotopic (exact) mass is 367 g/mol. The lowest BCUT2D eigenvalue weighted by Crippen LogP contribution is -2.34.